The number of nitrogens with one attached hydrogen (secondary N) is 2. The summed E-state index contributed by atoms with van der Waals surface area (Å²) in [4.78, 5) is 23.5. The average Bonchev–Trinajstić information content (AvgIpc) is 2.45. The molecule has 1 saturated carbocycles. The normalized spacial score (nSPS) is 17.0. The molecule has 2 rings (SSSR count). The zero-order chi connectivity index (χ0) is 15.3. The molecule has 0 atom stereocenters. The number of hydrogen-bond donors (Lipinski definition) is 3. The van der Waals surface area contributed by atoms with Gasteiger partial charge in [-0.05, 0) is 31.0 Å². The molecule has 1 aromatic carbocycles. The SMILES string of the molecule is O=C(NCC1(O)CCCCC1)C(=O)Nc1cccc(Cl)c1. The maximum Gasteiger partial charge on any atom is 0.313 e. The van der Waals surface area contributed by atoms with Crippen molar-refractivity contribution in [3.63, 3.8) is 0 Å². The Labute approximate surface area is 128 Å². The van der Waals surface area contributed by atoms with Crippen molar-refractivity contribution in [2.24, 2.45) is 0 Å². The van der Waals surface area contributed by atoms with E-state index in [2.05, 4.69) is 10.6 Å². The number of carbonyl (C=O) groups excluding carboxylic acids is 2. The Morgan fingerprint density at radius 2 is 1.90 bits per heavy atom. The van der Waals surface area contributed by atoms with Gasteiger partial charge in [-0.15, -0.1) is 0 Å². The number of amides is 2. The molecule has 0 aromatic heterocycles. The van der Waals surface area contributed by atoms with E-state index in [1.165, 1.54) is 0 Å². The molecular weight excluding hydrogens is 292 g/mol. The average molecular weight is 311 g/mol. The van der Waals surface area contributed by atoms with Gasteiger partial charge < -0.3 is 15.7 Å². The van der Waals surface area contributed by atoms with Gasteiger partial charge in [0.25, 0.3) is 0 Å². The van der Waals surface area contributed by atoms with Gasteiger partial charge in [0, 0.05) is 17.3 Å². The molecule has 6 heteroatoms. The van der Waals surface area contributed by atoms with Crippen molar-refractivity contribution in [2.75, 3.05) is 11.9 Å². The molecule has 3 N–H and O–H groups in total. The van der Waals surface area contributed by atoms with E-state index in [-0.39, 0.29) is 6.54 Å². The molecule has 0 unspecified atom stereocenters. The Morgan fingerprint density at radius 1 is 1.19 bits per heavy atom. The van der Waals surface area contributed by atoms with Crippen LogP contribution in [0.1, 0.15) is 32.1 Å². The fraction of sp³-hybridized carbons (Fsp3) is 0.467. The largest absolute Gasteiger partial charge is 0.388 e. The van der Waals surface area contributed by atoms with Gasteiger partial charge in [0.05, 0.1) is 5.60 Å². The second-order valence-corrected chi connectivity index (χ2v) is 5.87. The number of carbonyl (C=O) groups is 2. The van der Waals surface area contributed by atoms with E-state index in [1.807, 2.05) is 0 Å². The molecule has 5 nitrogen and oxygen atoms in total. The molecule has 0 spiro atoms. The highest BCUT2D eigenvalue weighted by molar-refractivity contribution is 6.39. The minimum absolute atomic E-state index is 0.106. The van der Waals surface area contributed by atoms with Crippen LogP contribution in [0.2, 0.25) is 5.02 Å². The Balaban J connectivity index is 1.84. The van der Waals surface area contributed by atoms with Gasteiger partial charge in [-0.1, -0.05) is 36.9 Å². The Bertz CT molecular complexity index is 527. The Kier molecular flexibility index (Phi) is 5.20. The predicted molar refractivity (Wildman–Crippen MR) is 81.1 cm³/mol. The number of benzene rings is 1. The van der Waals surface area contributed by atoms with E-state index in [0.29, 0.717) is 23.6 Å². The van der Waals surface area contributed by atoms with E-state index < -0.39 is 17.4 Å². The lowest BCUT2D eigenvalue weighted by atomic mass is 9.85. The summed E-state index contributed by atoms with van der Waals surface area (Å²) >= 11 is 5.80. The molecule has 114 valence electrons. The summed E-state index contributed by atoms with van der Waals surface area (Å²) < 4.78 is 0. The molecule has 0 saturated heterocycles. The first-order valence-corrected chi connectivity index (χ1v) is 7.43. The van der Waals surface area contributed by atoms with Crippen LogP contribution in [0.5, 0.6) is 0 Å². The van der Waals surface area contributed by atoms with Gasteiger partial charge in [-0.2, -0.15) is 0 Å². The summed E-state index contributed by atoms with van der Waals surface area (Å²) in [5.74, 6) is -1.52. The van der Waals surface area contributed by atoms with Crippen molar-refractivity contribution in [1.82, 2.24) is 5.32 Å². The number of halogens is 1. The molecule has 0 aliphatic heterocycles. The van der Waals surface area contributed by atoms with Crippen LogP contribution in [0, 0.1) is 0 Å². The quantitative estimate of drug-likeness (QED) is 0.748. The highest BCUT2D eigenvalue weighted by atomic mass is 35.5. The third kappa shape index (κ3) is 4.72. The minimum Gasteiger partial charge on any atom is -0.388 e. The first kappa shape index (κ1) is 15.8. The van der Waals surface area contributed by atoms with Crippen LogP contribution in [0.3, 0.4) is 0 Å². The van der Waals surface area contributed by atoms with E-state index in [4.69, 9.17) is 11.6 Å². The summed E-state index contributed by atoms with van der Waals surface area (Å²) in [5, 5.41) is 15.7. The number of rotatable bonds is 3. The first-order valence-electron chi connectivity index (χ1n) is 7.06. The summed E-state index contributed by atoms with van der Waals surface area (Å²) in [5.41, 5.74) is -0.427. The zero-order valence-corrected chi connectivity index (χ0v) is 12.4. The topological polar surface area (TPSA) is 78.4 Å². The van der Waals surface area contributed by atoms with Crippen LogP contribution in [0.25, 0.3) is 0 Å². The van der Waals surface area contributed by atoms with Crippen LogP contribution in [0.4, 0.5) is 5.69 Å². The minimum atomic E-state index is -0.885. The summed E-state index contributed by atoms with van der Waals surface area (Å²) in [6.45, 7) is 0.106. The van der Waals surface area contributed by atoms with Crippen LogP contribution in [0.15, 0.2) is 24.3 Å². The third-order valence-corrected chi connectivity index (χ3v) is 3.89. The van der Waals surface area contributed by atoms with Crippen molar-refractivity contribution in [2.45, 2.75) is 37.7 Å². The van der Waals surface area contributed by atoms with E-state index in [1.54, 1.807) is 24.3 Å². The van der Waals surface area contributed by atoms with Crippen molar-refractivity contribution in [3.8, 4) is 0 Å². The Morgan fingerprint density at radius 3 is 2.57 bits per heavy atom. The van der Waals surface area contributed by atoms with Crippen molar-refractivity contribution < 1.29 is 14.7 Å². The van der Waals surface area contributed by atoms with Crippen molar-refractivity contribution in [3.05, 3.63) is 29.3 Å². The lowest BCUT2D eigenvalue weighted by Crippen LogP contribution is -2.47. The number of hydrogen-bond acceptors (Lipinski definition) is 3. The van der Waals surface area contributed by atoms with E-state index >= 15 is 0 Å². The maximum atomic E-state index is 11.8. The molecular formula is C15H19ClN2O3. The lowest BCUT2D eigenvalue weighted by molar-refractivity contribution is -0.137. The van der Waals surface area contributed by atoms with Crippen LogP contribution in [-0.2, 0) is 9.59 Å². The summed E-state index contributed by atoms with van der Waals surface area (Å²) in [6.07, 6.45) is 4.31. The zero-order valence-electron chi connectivity index (χ0n) is 11.7. The second-order valence-electron chi connectivity index (χ2n) is 5.43. The van der Waals surface area contributed by atoms with Crippen LogP contribution < -0.4 is 10.6 Å². The molecule has 1 aliphatic carbocycles. The highest BCUT2D eigenvalue weighted by Crippen LogP contribution is 2.27. The first-order chi connectivity index (χ1) is 9.98. The molecule has 0 heterocycles. The van der Waals surface area contributed by atoms with Crippen molar-refractivity contribution in [1.29, 1.82) is 0 Å². The summed E-state index contributed by atoms with van der Waals surface area (Å²) in [6, 6.07) is 6.56. The Hall–Kier alpha value is -1.59. The molecule has 1 aromatic rings. The lowest BCUT2D eigenvalue weighted by Gasteiger charge is -2.31. The van der Waals surface area contributed by atoms with Gasteiger partial charge in [0.2, 0.25) is 0 Å². The smallest absolute Gasteiger partial charge is 0.313 e. The number of aliphatic hydroxyl groups is 1. The van der Waals surface area contributed by atoms with Crippen LogP contribution >= 0.6 is 11.6 Å². The summed E-state index contributed by atoms with van der Waals surface area (Å²) in [7, 11) is 0. The van der Waals surface area contributed by atoms with Gasteiger partial charge in [-0.3, -0.25) is 9.59 Å². The van der Waals surface area contributed by atoms with Crippen molar-refractivity contribution >= 4 is 29.1 Å². The van der Waals surface area contributed by atoms with Gasteiger partial charge in [0.15, 0.2) is 0 Å². The molecule has 1 aliphatic rings. The second kappa shape index (κ2) is 6.91. The molecule has 0 radical (unpaired) electrons. The molecule has 0 bridgehead atoms. The van der Waals surface area contributed by atoms with E-state index in [9.17, 15) is 14.7 Å². The molecule has 2 amide bonds. The fourth-order valence-corrected chi connectivity index (χ4v) is 2.66. The van der Waals surface area contributed by atoms with Gasteiger partial charge in [-0.25, -0.2) is 0 Å². The fourth-order valence-electron chi connectivity index (χ4n) is 2.47. The van der Waals surface area contributed by atoms with Gasteiger partial charge >= 0.3 is 11.8 Å². The van der Waals surface area contributed by atoms with Crippen LogP contribution in [-0.4, -0.2) is 29.1 Å². The number of anilines is 1. The maximum absolute atomic E-state index is 11.8. The standard InChI is InChI=1S/C15H19ClN2O3/c16-11-5-4-6-12(9-11)18-14(20)13(19)17-10-15(21)7-2-1-3-8-15/h4-6,9,21H,1-3,7-8,10H2,(H,17,19)(H,18,20). The predicted octanol–water partition coefficient (Wildman–Crippen LogP) is 2.09. The van der Waals surface area contributed by atoms with Gasteiger partial charge in [0.1, 0.15) is 0 Å². The van der Waals surface area contributed by atoms with E-state index in [0.717, 1.165) is 19.3 Å². The molecule has 21 heavy (non-hydrogen) atoms. The highest BCUT2D eigenvalue weighted by Gasteiger charge is 2.30. The monoisotopic (exact) mass is 310 g/mol. The third-order valence-electron chi connectivity index (χ3n) is 3.65. The molecule has 1 fully saturated rings.